The summed E-state index contributed by atoms with van der Waals surface area (Å²) in [6, 6.07) is 8.49. The quantitative estimate of drug-likeness (QED) is 0.890. The van der Waals surface area contributed by atoms with E-state index in [0.29, 0.717) is 13.1 Å². The van der Waals surface area contributed by atoms with Gasteiger partial charge in [-0.25, -0.2) is 0 Å². The molecule has 1 N–H and O–H groups in total. The Bertz CT molecular complexity index is 531. The predicted molar refractivity (Wildman–Crippen MR) is 93.8 cm³/mol. The first-order valence-electron chi connectivity index (χ1n) is 8.25. The molecule has 1 amide bonds. The smallest absolute Gasteiger partial charge is 0.236 e. The van der Waals surface area contributed by atoms with Gasteiger partial charge in [-0.05, 0) is 45.5 Å². The Balaban J connectivity index is 1.83. The summed E-state index contributed by atoms with van der Waals surface area (Å²) in [7, 11) is 1.87. The monoisotopic (exact) mass is 319 g/mol. The van der Waals surface area contributed by atoms with E-state index in [-0.39, 0.29) is 5.91 Å². The van der Waals surface area contributed by atoms with Gasteiger partial charge in [0.1, 0.15) is 0 Å². The number of carbonyl (C=O) groups is 1. The molecule has 1 aliphatic rings. The van der Waals surface area contributed by atoms with Crippen molar-refractivity contribution in [1.29, 1.82) is 0 Å². The van der Waals surface area contributed by atoms with E-state index in [1.54, 1.807) is 13.8 Å². The Hall–Kier alpha value is -1.59. The molecule has 128 valence electrons. The lowest BCUT2D eigenvalue weighted by molar-refractivity contribution is -0.132. The fraction of sp³-hybridized carbons (Fsp3) is 0.611. The van der Waals surface area contributed by atoms with Gasteiger partial charge in [0.2, 0.25) is 5.91 Å². The van der Waals surface area contributed by atoms with Crippen LogP contribution in [0.3, 0.4) is 0 Å². The number of piperazine rings is 1. The van der Waals surface area contributed by atoms with E-state index in [4.69, 9.17) is 0 Å². The highest BCUT2D eigenvalue weighted by Gasteiger charge is 2.23. The van der Waals surface area contributed by atoms with E-state index in [9.17, 15) is 9.90 Å². The van der Waals surface area contributed by atoms with Gasteiger partial charge in [-0.2, -0.15) is 0 Å². The number of nitrogens with zero attached hydrogens (tertiary/aromatic N) is 3. The molecule has 5 nitrogen and oxygen atoms in total. The second-order valence-electron chi connectivity index (χ2n) is 7.19. The molecule has 1 aliphatic heterocycles. The van der Waals surface area contributed by atoms with Gasteiger partial charge in [-0.1, -0.05) is 12.1 Å². The maximum Gasteiger partial charge on any atom is 0.236 e. The summed E-state index contributed by atoms with van der Waals surface area (Å²) in [5.41, 5.74) is 1.71. The van der Waals surface area contributed by atoms with E-state index in [2.05, 4.69) is 36.1 Å². The molecule has 0 radical (unpaired) electrons. The molecule has 1 heterocycles. The van der Waals surface area contributed by atoms with Crippen molar-refractivity contribution in [3.05, 3.63) is 29.8 Å². The Labute approximate surface area is 139 Å². The first kappa shape index (κ1) is 17.8. The highest BCUT2D eigenvalue weighted by molar-refractivity contribution is 5.78. The van der Waals surface area contributed by atoms with E-state index in [1.807, 2.05) is 16.8 Å². The fourth-order valence-electron chi connectivity index (χ4n) is 3.09. The summed E-state index contributed by atoms with van der Waals surface area (Å²) < 4.78 is 0. The minimum Gasteiger partial charge on any atom is -0.389 e. The molecule has 1 fully saturated rings. The average Bonchev–Trinajstić information content (AvgIpc) is 2.45. The van der Waals surface area contributed by atoms with E-state index in [0.717, 1.165) is 26.2 Å². The number of anilines is 1. The zero-order chi connectivity index (χ0) is 17.0. The highest BCUT2D eigenvalue weighted by Crippen LogP contribution is 2.18. The molecule has 5 heteroatoms. The number of aliphatic hydroxyl groups is 1. The van der Waals surface area contributed by atoms with Crippen molar-refractivity contribution in [2.24, 2.45) is 0 Å². The van der Waals surface area contributed by atoms with Gasteiger partial charge in [0.15, 0.2) is 0 Å². The van der Waals surface area contributed by atoms with Crippen LogP contribution in [0, 0.1) is 6.92 Å². The Morgan fingerprint density at radius 3 is 2.48 bits per heavy atom. The van der Waals surface area contributed by atoms with Crippen LogP contribution < -0.4 is 4.90 Å². The van der Waals surface area contributed by atoms with Gasteiger partial charge in [0, 0.05) is 38.4 Å². The van der Waals surface area contributed by atoms with Crippen LogP contribution in [0.4, 0.5) is 5.69 Å². The molecule has 0 saturated carbocycles. The van der Waals surface area contributed by atoms with Crippen LogP contribution in [0.1, 0.15) is 19.4 Å². The van der Waals surface area contributed by atoms with Crippen LogP contribution in [-0.2, 0) is 4.79 Å². The van der Waals surface area contributed by atoms with Gasteiger partial charge in [0.25, 0.3) is 0 Å². The molecule has 1 saturated heterocycles. The summed E-state index contributed by atoms with van der Waals surface area (Å²) in [6.07, 6.45) is 0. The molecule has 1 aromatic rings. The molecule has 0 atom stereocenters. The van der Waals surface area contributed by atoms with E-state index < -0.39 is 5.60 Å². The molecule has 1 aromatic carbocycles. The van der Waals surface area contributed by atoms with Gasteiger partial charge in [0.05, 0.1) is 12.1 Å². The number of rotatable bonds is 5. The molecule has 2 rings (SSSR count). The van der Waals surface area contributed by atoms with Crippen molar-refractivity contribution in [1.82, 2.24) is 9.80 Å². The number of carbonyl (C=O) groups excluding carboxylic acids is 1. The van der Waals surface area contributed by atoms with Crippen molar-refractivity contribution >= 4 is 11.6 Å². The molecular weight excluding hydrogens is 290 g/mol. The fourth-order valence-corrected chi connectivity index (χ4v) is 3.09. The van der Waals surface area contributed by atoms with Crippen LogP contribution in [-0.4, -0.2) is 72.7 Å². The highest BCUT2D eigenvalue weighted by atomic mass is 16.3. The first-order valence-corrected chi connectivity index (χ1v) is 8.25. The molecule has 0 aliphatic carbocycles. The number of hydrogen-bond donors (Lipinski definition) is 1. The second kappa shape index (κ2) is 7.32. The van der Waals surface area contributed by atoms with Gasteiger partial charge >= 0.3 is 0 Å². The van der Waals surface area contributed by atoms with Crippen molar-refractivity contribution in [2.45, 2.75) is 26.4 Å². The number of hydrogen-bond acceptors (Lipinski definition) is 4. The maximum atomic E-state index is 12.4. The summed E-state index contributed by atoms with van der Waals surface area (Å²) in [6.45, 7) is 9.70. The van der Waals surface area contributed by atoms with Gasteiger partial charge in [-0.3, -0.25) is 9.69 Å². The normalized spacial score (nSPS) is 16.1. The van der Waals surface area contributed by atoms with E-state index in [1.165, 1.54) is 11.3 Å². The number of benzene rings is 1. The lowest BCUT2D eigenvalue weighted by Gasteiger charge is -2.37. The third-order valence-corrected chi connectivity index (χ3v) is 4.06. The molecule has 0 spiro atoms. The topological polar surface area (TPSA) is 47.0 Å². The van der Waals surface area contributed by atoms with Gasteiger partial charge in [-0.15, -0.1) is 0 Å². The molecule has 0 aromatic heterocycles. The van der Waals surface area contributed by atoms with Crippen molar-refractivity contribution in [3.8, 4) is 0 Å². The second-order valence-corrected chi connectivity index (χ2v) is 7.19. The minimum atomic E-state index is -0.779. The molecule has 0 unspecified atom stereocenters. The van der Waals surface area contributed by atoms with Crippen molar-refractivity contribution < 1.29 is 9.90 Å². The summed E-state index contributed by atoms with van der Waals surface area (Å²) in [4.78, 5) is 18.5. The van der Waals surface area contributed by atoms with Crippen LogP contribution in [0.5, 0.6) is 0 Å². The van der Waals surface area contributed by atoms with Crippen LogP contribution in [0.15, 0.2) is 24.3 Å². The van der Waals surface area contributed by atoms with Crippen molar-refractivity contribution in [2.75, 3.05) is 51.2 Å². The zero-order valence-corrected chi connectivity index (χ0v) is 14.7. The Kier molecular flexibility index (Phi) is 5.65. The number of aryl methyl sites for hydroxylation is 1. The maximum absolute atomic E-state index is 12.4. The van der Waals surface area contributed by atoms with Crippen LogP contribution in [0.2, 0.25) is 0 Å². The third kappa shape index (κ3) is 5.52. The summed E-state index contributed by atoms with van der Waals surface area (Å²) in [5, 5.41) is 9.82. The summed E-state index contributed by atoms with van der Waals surface area (Å²) in [5.74, 6) is 0.139. The summed E-state index contributed by atoms with van der Waals surface area (Å²) >= 11 is 0. The number of likely N-dealkylation sites (N-methyl/N-ethyl adjacent to an activating group) is 1. The average molecular weight is 319 g/mol. The van der Waals surface area contributed by atoms with Crippen LogP contribution in [0.25, 0.3) is 0 Å². The van der Waals surface area contributed by atoms with E-state index >= 15 is 0 Å². The Morgan fingerprint density at radius 1 is 1.26 bits per heavy atom. The largest absolute Gasteiger partial charge is 0.389 e. The molecule has 0 bridgehead atoms. The molecular formula is C18H29N3O2. The zero-order valence-electron chi connectivity index (χ0n) is 14.7. The molecule has 23 heavy (non-hydrogen) atoms. The SMILES string of the molecule is Cc1cccc(N2CCN(C(=O)CN(C)CC(C)(C)O)CC2)c1. The van der Waals surface area contributed by atoms with Crippen LogP contribution >= 0.6 is 0 Å². The first-order chi connectivity index (χ1) is 10.7. The number of amides is 1. The minimum absolute atomic E-state index is 0.139. The Morgan fingerprint density at radius 2 is 1.91 bits per heavy atom. The predicted octanol–water partition coefficient (Wildman–Crippen LogP) is 1.35. The van der Waals surface area contributed by atoms with Gasteiger partial charge < -0.3 is 14.9 Å². The third-order valence-electron chi connectivity index (χ3n) is 4.06. The van der Waals surface area contributed by atoms with Crippen molar-refractivity contribution in [3.63, 3.8) is 0 Å². The standard InChI is InChI=1S/C18H29N3O2/c1-15-6-5-7-16(12-15)20-8-10-21(11-9-20)17(22)13-19(4)14-18(2,3)23/h5-7,12,23H,8-11,13-14H2,1-4H3. The lowest BCUT2D eigenvalue weighted by atomic mass is 10.1. The lowest BCUT2D eigenvalue weighted by Crippen LogP contribution is -2.51.